The lowest BCUT2D eigenvalue weighted by atomic mass is 10.0. The van der Waals surface area contributed by atoms with Gasteiger partial charge in [0.25, 0.3) is 0 Å². The number of carbonyl (C=O) groups is 1. The minimum absolute atomic E-state index is 0.0693. The molecule has 0 radical (unpaired) electrons. The Bertz CT molecular complexity index is 1030. The normalized spacial score (nSPS) is 11.2. The zero-order valence-corrected chi connectivity index (χ0v) is 16.1. The molecule has 0 amide bonds. The molecule has 0 saturated heterocycles. The number of aromatic nitrogens is 2. The molecule has 2 aromatic carbocycles. The van der Waals surface area contributed by atoms with Crippen molar-refractivity contribution in [3.05, 3.63) is 77.0 Å². The minimum Gasteiger partial charge on any atom is -0.384 e. The van der Waals surface area contributed by atoms with Crippen LogP contribution < -0.4 is 0 Å². The van der Waals surface area contributed by atoms with Gasteiger partial charge in [-0.2, -0.15) is 10.4 Å². The number of nitrogens with zero attached hydrogens (tertiary/aromatic N) is 3. The number of allylic oxidation sites excluding steroid dienone is 1. The van der Waals surface area contributed by atoms with Crippen LogP contribution in [0, 0.1) is 11.3 Å². The molecular weight excluding hydrogens is 374 g/mol. The Labute approximate surface area is 168 Å². The van der Waals surface area contributed by atoms with Crippen molar-refractivity contribution in [3.8, 4) is 23.0 Å². The third-order valence-electron chi connectivity index (χ3n) is 4.13. The molecule has 0 N–H and O–H groups in total. The smallest absolute Gasteiger partial charge is 0.175 e. The summed E-state index contributed by atoms with van der Waals surface area (Å²) in [5.74, 6) is -0.265. The fourth-order valence-corrected chi connectivity index (χ4v) is 2.82. The summed E-state index contributed by atoms with van der Waals surface area (Å²) in [4.78, 5) is 12.3. The summed E-state index contributed by atoms with van der Waals surface area (Å²) < 4.78 is 6.66. The summed E-state index contributed by atoms with van der Waals surface area (Å²) in [6.07, 6.45) is 3.54. The van der Waals surface area contributed by atoms with Crippen molar-refractivity contribution in [3.63, 3.8) is 0 Å². The number of rotatable bonds is 7. The van der Waals surface area contributed by atoms with Crippen LogP contribution in [0.4, 0.5) is 0 Å². The van der Waals surface area contributed by atoms with Gasteiger partial charge in [-0.15, -0.1) is 0 Å². The molecule has 0 aliphatic rings. The fraction of sp³-hybridized carbons (Fsp3) is 0.136. The Morgan fingerprint density at radius 1 is 1.21 bits per heavy atom. The van der Waals surface area contributed by atoms with Gasteiger partial charge in [0.2, 0.25) is 0 Å². The molecule has 0 atom stereocenters. The highest BCUT2D eigenvalue weighted by molar-refractivity contribution is 6.30. The van der Waals surface area contributed by atoms with E-state index in [0.717, 1.165) is 11.3 Å². The second-order valence-electron chi connectivity index (χ2n) is 6.06. The zero-order chi connectivity index (χ0) is 19.9. The van der Waals surface area contributed by atoms with Crippen LogP contribution in [0.3, 0.4) is 0 Å². The summed E-state index contributed by atoms with van der Waals surface area (Å²) in [7, 11) is 1.52. The van der Waals surface area contributed by atoms with Gasteiger partial charge < -0.3 is 4.74 Å². The molecule has 0 bridgehead atoms. The summed E-state index contributed by atoms with van der Waals surface area (Å²) >= 11 is 6.00. The first-order valence-electron chi connectivity index (χ1n) is 8.67. The maximum atomic E-state index is 12.3. The van der Waals surface area contributed by atoms with Crippen LogP contribution in [0.5, 0.6) is 0 Å². The maximum Gasteiger partial charge on any atom is 0.175 e. The number of Topliss-reactive ketones (excluding diaryl/α,β-unsaturated/α-hetero) is 1. The summed E-state index contributed by atoms with van der Waals surface area (Å²) in [5.41, 5.74) is 3.12. The highest BCUT2D eigenvalue weighted by Crippen LogP contribution is 2.27. The van der Waals surface area contributed by atoms with Crippen molar-refractivity contribution in [2.75, 3.05) is 13.7 Å². The minimum atomic E-state index is -0.265. The second kappa shape index (κ2) is 9.14. The van der Waals surface area contributed by atoms with E-state index in [2.05, 4.69) is 5.10 Å². The monoisotopic (exact) mass is 391 g/mol. The maximum absolute atomic E-state index is 12.3. The molecule has 0 spiro atoms. The van der Waals surface area contributed by atoms with Gasteiger partial charge in [0.05, 0.1) is 23.6 Å². The van der Waals surface area contributed by atoms with Crippen LogP contribution in [-0.2, 0) is 9.53 Å². The number of hydrogen-bond acceptors (Lipinski definition) is 4. The van der Waals surface area contributed by atoms with Crippen LogP contribution >= 0.6 is 11.6 Å². The number of methoxy groups -OCH3 is 1. The average Bonchev–Trinajstić information content (AvgIpc) is 3.15. The van der Waals surface area contributed by atoms with E-state index in [-0.39, 0.29) is 24.4 Å². The molecular formula is C22H18ClN3O2. The molecule has 0 unspecified atom stereocenters. The van der Waals surface area contributed by atoms with Crippen LogP contribution in [0.1, 0.15) is 12.0 Å². The summed E-state index contributed by atoms with van der Waals surface area (Å²) in [6, 6.07) is 18.9. The molecule has 28 heavy (non-hydrogen) atoms. The first-order chi connectivity index (χ1) is 13.6. The highest BCUT2D eigenvalue weighted by atomic mass is 35.5. The van der Waals surface area contributed by atoms with Gasteiger partial charge in [0.15, 0.2) is 5.78 Å². The number of halogens is 1. The molecule has 3 aromatic rings. The first kappa shape index (κ1) is 19.6. The zero-order valence-electron chi connectivity index (χ0n) is 15.3. The predicted octanol–water partition coefficient (Wildman–Crippen LogP) is 4.71. The Kier molecular flexibility index (Phi) is 6.38. The summed E-state index contributed by atoms with van der Waals surface area (Å²) in [6.45, 7) is 0.269. The van der Waals surface area contributed by atoms with Gasteiger partial charge in [-0.3, -0.25) is 4.79 Å². The molecule has 0 aliphatic heterocycles. The molecule has 140 valence electrons. The largest absolute Gasteiger partial charge is 0.384 e. The SMILES string of the molecule is COCCC(=O)C(C#N)=Cc1cn(-c2ccccc2)nc1-c1ccc(Cl)cc1. The predicted molar refractivity (Wildman–Crippen MR) is 109 cm³/mol. The number of carbonyl (C=O) groups excluding carboxylic acids is 1. The number of hydrogen-bond donors (Lipinski definition) is 0. The van der Waals surface area contributed by atoms with Gasteiger partial charge in [0.1, 0.15) is 6.07 Å². The molecule has 6 heteroatoms. The van der Waals surface area contributed by atoms with Gasteiger partial charge in [-0.05, 0) is 30.3 Å². The van der Waals surface area contributed by atoms with E-state index >= 15 is 0 Å². The Balaban J connectivity index is 2.09. The van der Waals surface area contributed by atoms with Gasteiger partial charge in [-0.1, -0.05) is 41.9 Å². The lowest BCUT2D eigenvalue weighted by molar-refractivity contribution is -0.115. The van der Waals surface area contributed by atoms with E-state index in [1.165, 1.54) is 7.11 Å². The standard InChI is InChI=1S/C22H18ClN3O2/c1-28-12-11-21(27)17(14-24)13-18-15-26(20-5-3-2-4-6-20)25-22(18)16-7-9-19(23)10-8-16/h2-10,13,15H,11-12H2,1H3. The number of ether oxygens (including phenoxy) is 1. The Hall–Kier alpha value is -3.20. The molecule has 0 aliphatic carbocycles. The first-order valence-corrected chi connectivity index (χ1v) is 9.05. The Morgan fingerprint density at radius 2 is 1.93 bits per heavy atom. The van der Waals surface area contributed by atoms with Crippen molar-refractivity contribution in [1.82, 2.24) is 9.78 Å². The van der Waals surface area contributed by atoms with E-state index in [1.807, 2.05) is 48.5 Å². The van der Waals surface area contributed by atoms with Crippen molar-refractivity contribution in [2.45, 2.75) is 6.42 Å². The molecule has 3 rings (SSSR count). The number of ketones is 1. The molecule has 0 fully saturated rings. The van der Waals surface area contributed by atoms with Gasteiger partial charge in [0, 0.05) is 35.9 Å². The van der Waals surface area contributed by atoms with Crippen molar-refractivity contribution < 1.29 is 9.53 Å². The van der Waals surface area contributed by atoms with Crippen molar-refractivity contribution in [2.24, 2.45) is 0 Å². The average molecular weight is 392 g/mol. The topological polar surface area (TPSA) is 67.9 Å². The third-order valence-corrected chi connectivity index (χ3v) is 4.39. The molecule has 0 saturated carbocycles. The lowest BCUT2D eigenvalue weighted by Gasteiger charge is -2.01. The second-order valence-corrected chi connectivity index (χ2v) is 6.49. The lowest BCUT2D eigenvalue weighted by Crippen LogP contribution is -2.04. The van der Waals surface area contributed by atoms with Crippen molar-refractivity contribution in [1.29, 1.82) is 5.26 Å². The fourth-order valence-electron chi connectivity index (χ4n) is 2.70. The van der Waals surface area contributed by atoms with E-state index in [9.17, 15) is 10.1 Å². The van der Waals surface area contributed by atoms with E-state index < -0.39 is 0 Å². The van der Waals surface area contributed by atoms with E-state index in [1.54, 1.807) is 29.1 Å². The number of nitriles is 1. The molecule has 1 aromatic heterocycles. The summed E-state index contributed by atoms with van der Waals surface area (Å²) in [5, 5.41) is 14.7. The molecule has 5 nitrogen and oxygen atoms in total. The quantitative estimate of drug-likeness (QED) is 0.432. The Morgan fingerprint density at radius 3 is 2.57 bits per heavy atom. The van der Waals surface area contributed by atoms with Crippen LogP contribution in [0.15, 0.2) is 66.4 Å². The molecule has 1 heterocycles. The van der Waals surface area contributed by atoms with Gasteiger partial charge in [-0.25, -0.2) is 4.68 Å². The number of benzene rings is 2. The van der Waals surface area contributed by atoms with E-state index in [4.69, 9.17) is 16.3 Å². The third kappa shape index (κ3) is 4.55. The van der Waals surface area contributed by atoms with Crippen LogP contribution in [0.2, 0.25) is 5.02 Å². The van der Waals surface area contributed by atoms with Gasteiger partial charge >= 0.3 is 0 Å². The highest BCUT2D eigenvalue weighted by Gasteiger charge is 2.15. The van der Waals surface area contributed by atoms with E-state index in [0.29, 0.717) is 16.3 Å². The van der Waals surface area contributed by atoms with Crippen molar-refractivity contribution >= 4 is 23.5 Å². The number of para-hydroxylation sites is 1. The van der Waals surface area contributed by atoms with Crippen LogP contribution in [-0.4, -0.2) is 29.3 Å². The van der Waals surface area contributed by atoms with Crippen LogP contribution in [0.25, 0.3) is 23.0 Å².